The second-order valence-corrected chi connectivity index (χ2v) is 9.52. The number of fused-ring (bicyclic) bond motifs is 1. The van der Waals surface area contributed by atoms with Crippen LogP contribution in [-0.2, 0) is 21.4 Å². The molecule has 0 spiro atoms. The minimum Gasteiger partial charge on any atom is -0.768 e. The second-order valence-electron chi connectivity index (χ2n) is 8.58. The number of pyridine rings is 1. The molecule has 0 radical (unpaired) electrons. The van der Waals surface area contributed by atoms with Gasteiger partial charge in [-0.15, -0.1) is 0 Å². The number of allylic oxidation sites excluding steroid dienone is 3. The number of ether oxygens (including phenoxy) is 1. The lowest BCUT2D eigenvalue weighted by molar-refractivity contribution is -0.115. The Morgan fingerprint density at radius 2 is 2.06 bits per heavy atom. The predicted molar refractivity (Wildman–Crippen MR) is 132 cm³/mol. The molecule has 1 N–H and O–H groups in total. The number of hydrogen-bond acceptors (Lipinski definition) is 6. The van der Waals surface area contributed by atoms with Crippen molar-refractivity contribution >= 4 is 33.6 Å². The van der Waals surface area contributed by atoms with Crippen LogP contribution < -0.4 is 10.1 Å². The summed E-state index contributed by atoms with van der Waals surface area (Å²) in [6, 6.07) is 6.30. The van der Waals surface area contributed by atoms with Gasteiger partial charge in [-0.2, -0.15) is 5.10 Å². The zero-order chi connectivity index (χ0) is 24.9. The van der Waals surface area contributed by atoms with Gasteiger partial charge in [0.05, 0.1) is 29.4 Å². The molecule has 0 aliphatic carbocycles. The van der Waals surface area contributed by atoms with Gasteiger partial charge in [-0.25, -0.2) is 0 Å². The van der Waals surface area contributed by atoms with E-state index in [2.05, 4.69) is 22.0 Å². The summed E-state index contributed by atoms with van der Waals surface area (Å²) < 4.78 is 30.4. The van der Waals surface area contributed by atoms with E-state index in [9.17, 15) is 13.6 Å². The molecule has 0 aliphatic heterocycles. The fourth-order valence-corrected chi connectivity index (χ4v) is 3.43. The molecule has 0 aliphatic rings. The van der Waals surface area contributed by atoms with Gasteiger partial charge in [0, 0.05) is 22.7 Å². The molecular formula is C25H27N4O4S-. The van der Waals surface area contributed by atoms with E-state index in [0.717, 1.165) is 0 Å². The second kappa shape index (κ2) is 10.6. The van der Waals surface area contributed by atoms with E-state index in [0.29, 0.717) is 33.7 Å². The third kappa shape index (κ3) is 6.49. The first-order valence-electron chi connectivity index (χ1n) is 10.6. The van der Waals surface area contributed by atoms with Crippen LogP contribution in [0.2, 0.25) is 0 Å². The van der Waals surface area contributed by atoms with E-state index in [4.69, 9.17) is 4.74 Å². The molecule has 1 atom stereocenters. The molecule has 1 amide bonds. The first-order chi connectivity index (χ1) is 16.1. The topological polar surface area (TPSA) is 109 Å². The van der Waals surface area contributed by atoms with Crippen molar-refractivity contribution < 1.29 is 18.3 Å². The number of rotatable bonds is 8. The molecule has 2 aromatic heterocycles. The first kappa shape index (κ1) is 25.1. The molecule has 3 rings (SSSR count). The Hall–Kier alpha value is -3.56. The third-order valence-electron chi connectivity index (χ3n) is 4.80. The molecule has 0 bridgehead atoms. The first-order valence-corrected chi connectivity index (χ1v) is 11.7. The van der Waals surface area contributed by atoms with Crippen LogP contribution >= 0.6 is 0 Å². The van der Waals surface area contributed by atoms with Crippen LogP contribution in [0.15, 0.2) is 83.9 Å². The van der Waals surface area contributed by atoms with Gasteiger partial charge in [0.2, 0.25) is 5.91 Å². The van der Waals surface area contributed by atoms with Gasteiger partial charge in [0.15, 0.2) is 0 Å². The Morgan fingerprint density at radius 1 is 1.29 bits per heavy atom. The number of anilines is 1. The molecule has 0 fully saturated rings. The Morgan fingerprint density at radius 3 is 2.71 bits per heavy atom. The molecule has 1 unspecified atom stereocenters. The van der Waals surface area contributed by atoms with Gasteiger partial charge < -0.3 is 14.6 Å². The number of carbonyl (C=O) groups is 1. The van der Waals surface area contributed by atoms with Gasteiger partial charge in [-0.05, 0) is 80.8 Å². The lowest BCUT2D eigenvalue weighted by Crippen LogP contribution is -2.22. The number of amides is 1. The van der Waals surface area contributed by atoms with Gasteiger partial charge in [-0.1, -0.05) is 12.7 Å². The van der Waals surface area contributed by atoms with Crippen LogP contribution in [-0.4, -0.2) is 29.4 Å². The predicted octanol–water partition coefficient (Wildman–Crippen LogP) is 4.85. The molecule has 34 heavy (non-hydrogen) atoms. The number of aromatic nitrogens is 3. The molecule has 0 saturated carbocycles. The maximum Gasteiger partial charge on any atom is 0.228 e. The summed E-state index contributed by atoms with van der Waals surface area (Å²) in [6.45, 7) is 11.8. The summed E-state index contributed by atoms with van der Waals surface area (Å²) >= 11 is -2.36. The van der Waals surface area contributed by atoms with Crippen LogP contribution in [0.25, 0.3) is 10.9 Å². The van der Waals surface area contributed by atoms with E-state index in [1.54, 1.807) is 53.6 Å². The maximum atomic E-state index is 12.4. The highest BCUT2D eigenvalue weighted by molar-refractivity contribution is 7.79. The lowest BCUT2D eigenvalue weighted by Gasteiger charge is -2.18. The average molecular weight is 480 g/mol. The zero-order valence-electron chi connectivity index (χ0n) is 19.6. The number of nitrogens with one attached hydrogen (secondary N) is 1. The maximum absolute atomic E-state index is 12.4. The Labute approximate surface area is 201 Å². The van der Waals surface area contributed by atoms with E-state index in [1.165, 1.54) is 12.1 Å². The Kier molecular flexibility index (Phi) is 7.80. The normalized spacial score (nSPS) is 13.3. The standard InChI is InChI=1S/C25H28N4O4S/c1-6-19(33-23-11-12-26-22-10-9-20(34(31)32)14-21(22)23)8-7-17(2)13-24(30)28-18-15-27-29(16-18)25(3,4)5/h6-12,14-16H,2,13H2,1,3-5H3,(H,28,30)(H,31,32)/p-1/b8-7-,19-6+. The summed E-state index contributed by atoms with van der Waals surface area (Å²) in [5.74, 6) is 0.771. The van der Waals surface area contributed by atoms with E-state index in [1.807, 2.05) is 27.7 Å². The summed E-state index contributed by atoms with van der Waals surface area (Å²) in [7, 11) is 0. The number of hydrogen-bond donors (Lipinski definition) is 1. The highest BCUT2D eigenvalue weighted by Gasteiger charge is 2.15. The SMILES string of the molecule is C=C(/C=C\C(=C/C)Oc1ccnc2ccc(S(=O)[O-])cc12)CC(=O)Nc1cnn(C(C)(C)C)c1. The number of carbonyl (C=O) groups excluding carboxylic acids is 1. The van der Waals surface area contributed by atoms with Crippen LogP contribution in [0.4, 0.5) is 5.69 Å². The van der Waals surface area contributed by atoms with Crippen molar-refractivity contribution in [1.29, 1.82) is 0 Å². The van der Waals surface area contributed by atoms with Crippen LogP contribution in [0.3, 0.4) is 0 Å². The van der Waals surface area contributed by atoms with Gasteiger partial charge >= 0.3 is 0 Å². The van der Waals surface area contributed by atoms with Gasteiger partial charge in [0.1, 0.15) is 11.5 Å². The fraction of sp³-hybridized carbons (Fsp3) is 0.240. The molecule has 8 nitrogen and oxygen atoms in total. The van der Waals surface area contributed by atoms with E-state index >= 15 is 0 Å². The molecule has 9 heteroatoms. The van der Waals surface area contributed by atoms with Crippen molar-refractivity contribution in [2.75, 3.05) is 5.32 Å². The zero-order valence-corrected chi connectivity index (χ0v) is 20.4. The quantitative estimate of drug-likeness (QED) is 0.281. The largest absolute Gasteiger partial charge is 0.768 e. The van der Waals surface area contributed by atoms with Gasteiger partial charge in [0.25, 0.3) is 0 Å². The highest BCUT2D eigenvalue weighted by atomic mass is 32.2. The van der Waals surface area contributed by atoms with E-state index < -0.39 is 11.1 Å². The molecular weight excluding hydrogens is 452 g/mol. The molecule has 0 saturated heterocycles. The summed E-state index contributed by atoms with van der Waals surface area (Å²) in [5.41, 5.74) is 1.65. The number of nitrogens with zero attached hydrogens (tertiary/aromatic N) is 3. The average Bonchev–Trinajstić information content (AvgIpc) is 3.25. The highest BCUT2D eigenvalue weighted by Crippen LogP contribution is 2.27. The minimum absolute atomic E-state index is 0.102. The Balaban J connectivity index is 1.64. The third-order valence-corrected chi connectivity index (χ3v) is 5.44. The van der Waals surface area contributed by atoms with Gasteiger partial charge in [-0.3, -0.25) is 18.7 Å². The van der Waals surface area contributed by atoms with Crippen molar-refractivity contribution in [3.63, 3.8) is 0 Å². The lowest BCUT2D eigenvalue weighted by atomic mass is 10.1. The summed E-state index contributed by atoms with van der Waals surface area (Å²) in [6.07, 6.45) is 10.3. The van der Waals surface area contributed by atoms with Crippen LogP contribution in [0.1, 0.15) is 34.1 Å². The van der Waals surface area contributed by atoms with Crippen molar-refractivity contribution in [3.8, 4) is 5.75 Å². The van der Waals surface area contributed by atoms with Crippen LogP contribution in [0, 0.1) is 0 Å². The minimum atomic E-state index is -2.36. The monoisotopic (exact) mass is 479 g/mol. The van der Waals surface area contributed by atoms with Crippen LogP contribution in [0.5, 0.6) is 5.75 Å². The molecule has 178 valence electrons. The summed E-state index contributed by atoms with van der Waals surface area (Å²) in [4.78, 5) is 16.8. The number of benzene rings is 1. The smallest absolute Gasteiger partial charge is 0.228 e. The summed E-state index contributed by atoms with van der Waals surface area (Å²) in [5, 5.41) is 7.67. The molecule has 3 aromatic rings. The fourth-order valence-electron chi connectivity index (χ4n) is 3.03. The van der Waals surface area contributed by atoms with Crippen molar-refractivity contribution in [2.24, 2.45) is 0 Å². The van der Waals surface area contributed by atoms with Crippen molar-refractivity contribution in [2.45, 2.75) is 44.6 Å². The van der Waals surface area contributed by atoms with Crippen molar-refractivity contribution in [3.05, 3.63) is 79.0 Å². The van der Waals surface area contributed by atoms with E-state index in [-0.39, 0.29) is 22.8 Å². The molecule has 2 heterocycles. The van der Waals surface area contributed by atoms with Crippen molar-refractivity contribution in [1.82, 2.24) is 14.8 Å². The Bertz CT molecular complexity index is 1300. The molecule has 1 aromatic carbocycles.